The lowest BCUT2D eigenvalue weighted by atomic mass is 9.83. The predicted molar refractivity (Wildman–Crippen MR) is 81.9 cm³/mol. The topological polar surface area (TPSA) is 89.4 Å². The lowest BCUT2D eigenvalue weighted by Crippen LogP contribution is -2.45. The van der Waals surface area contributed by atoms with Gasteiger partial charge in [0.2, 0.25) is 5.91 Å². The number of nitrogens with zero attached hydrogens (tertiary/aromatic N) is 1. The van der Waals surface area contributed by atoms with Crippen LogP contribution in [0.4, 0.5) is 0 Å². The molecule has 1 aromatic carbocycles. The van der Waals surface area contributed by atoms with Crippen LogP contribution in [0.25, 0.3) is 0 Å². The molecule has 1 saturated carbocycles. The van der Waals surface area contributed by atoms with Crippen molar-refractivity contribution in [1.82, 2.24) is 4.90 Å². The zero-order valence-corrected chi connectivity index (χ0v) is 12.4. The fraction of sp³-hybridized carbons (Fsp3) is 0.500. The fourth-order valence-electron chi connectivity index (χ4n) is 3.13. The molecule has 0 aliphatic heterocycles. The average Bonchev–Trinajstić information content (AvgIpc) is 2.53. The molecule has 21 heavy (non-hydrogen) atoms. The van der Waals surface area contributed by atoms with Crippen molar-refractivity contribution >= 4 is 11.8 Å². The number of benzene rings is 1. The van der Waals surface area contributed by atoms with Crippen LogP contribution in [0, 0.1) is 5.92 Å². The molecule has 0 radical (unpaired) electrons. The molecule has 114 valence electrons. The Kier molecular flexibility index (Phi) is 4.96. The molecule has 0 spiro atoms. The van der Waals surface area contributed by atoms with Crippen LogP contribution in [0.1, 0.15) is 46.4 Å². The largest absolute Gasteiger partial charge is 0.366 e. The van der Waals surface area contributed by atoms with Crippen LogP contribution in [-0.4, -0.2) is 36.3 Å². The van der Waals surface area contributed by atoms with Gasteiger partial charge in [0.15, 0.2) is 0 Å². The molecule has 4 N–H and O–H groups in total. The van der Waals surface area contributed by atoms with E-state index in [1.54, 1.807) is 29.2 Å². The van der Waals surface area contributed by atoms with E-state index in [9.17, 15) is 9.59 Å². The van der Waals surface area contributed by atoms with E-state index in [-0.39, 0.29) is 11.9 Å². The Balaban J connectivity index is 2.18. The summed E-state index contributed by atoms with van der Waals surface area (Å²) in [6.45, 7) is 0.601. The van der Waals surface area contributed by atoms with E-state index in [1.807, 2.05) is 7.05 Å². The molecule has 0 heterocycles. The third-order valence-corrected chi connectivity index (χ3v) is 4.38. The lowest BCUT2D eigenvalue weighted by Gasteiger charge is -2.37. The van der Waals surface area contributed by atoms with Crippen LogP contribution in [0.2, 0.25) is 0 Å². The fourth-order valence-corrected chi connectivity index (χ4v) is 3.13. The van der Waals surface area contributed by atoms with Gasteiger partial charge >= 0.3 is 0 Å². The van der Waals surface area contributed by atoms with Crippen LogP contribution in [0.5, 0.6) is 0 Å². The van der Waals surface area contributed by atoms with Gasteiger partial charge in [0.05, 0.1) is 0 Å². The van der Waals surface area contributed by atoms with Gasteiger partial charge < -0.3 is 16.4 Å². The van der Waals surface area contributed by atoms with Crippen molar-refractivity contribution in [2.75, 3.05) is 13.6 Å². The van der Waals surface area contributed by atoms with Crippen LogP contribution in [0.3, 0.4) is 0 Å². The first-order chi connectivity index (χ1) is 10.0. The van der Waals surface area contributed by atoms with Gasteiger partial charge in [-0.1, -0.05) is 18.9 Å². The van der Waals surface area contributed by atoms with Crippen LogP contribution in [-0.2, 0) is 0 Å². The number of amides is 2. The van der Waals surface area contributed by atoms with Gasteiger partial charge in [-0.2, -0.15) is 0 Å². The molecule has 0 bridgehead atoms. The Labute approximate surface area is 125 Å². The molecule has 1 aliphatic carbocycles. The summed E-state index contributed by atoms with van der Waals surface area (Å²) in [4.78, 5) is 25.6. The highest BCUT2D eigenvalue weighted by Crippen LogP contribution is 2.28. The number of hydrogen-bond acceptors (Lipinski definition) is 3. The molecule has 2 rings (SSSR count). The molecule has 5 heteroatoms. The molecule has 1 aliphatic rings. The van der Waals surface area contributed by atoms with Gasteiger partial charge in [0.25, 0.3) is 5.91 Å². The minimum atomic E-state index is -0.523. The maximum Gasteiger partial charge on any atom is 0.253 e. The Morgan fingerprint density at radius 2 is 1.90 bits per heavy atom. The highest BCUT2D eigenvalue weighted by atomic mass is 16.2. The van der Waals surface area contributed by atoms with Gasteiger partial charge in [-0.05, 0) is 43.5 Å². The Morgan fingerprint density at radius 1 is 1.24 bits per heavy atom. The number of rotatable bonds is 4. The third kappa shape index (κ3) is 3.42. The minimum Gasteiger partial charge on any atom is -0.366 e. The zero-order chi connectivity index (χ0) is 15.4. The molecule has 0 aromatic heterocycles. The highest BCUT2D eigenvalue weighted by molar-refractivity contribution is 5.99. The second-order valence-corrected chi connectivity index (χ2v) is 5.71. The second kappa shape index (κ2) is 6.72. The van der Waals surface area contributed by atoms with E-state index in [1.165, 1.54) is 6.42 Å². The van der Waals surface area contributed by atoms with Crippen molar-refractivity contribution in [2.24, 2.45) is 17.4 Å². The normalized spacial score (nSPS) is 21.8. The van der Waals surface area contributed by atoms with Crippen molar-refractivity contribution in [3.8, 4) is 0 Å². The van der Waals surface area contributed by atoms with Crippen LogP contribution < -0.4 is 11.5 Å². The van der Waals surface area contributed by atoms with E-state index in [0.717, 1.165) is 19.3 Å². The smallest absolute Gasteiger partial charge is 0.253 e. The number of primary amides is 1. The molecular weight excluding hydrogens is 266 g/mol. The number of hydrogen-bond donors (Lipinski definition) is 2. The van der Waals surface area contributed by atoms with E-state index in [4.69, 9.17) is 11.5 Å². The summed E-state index contributed by atoms with van der Waals surface area (Å²) in [6.07, 6.45) is 4.36. The Bertz CT molecular complexity index is 530. The summed E-state index contributed by atoms with van der Waals surface area (Å²) >= 11 is 0. The van der Waals surface area contributed by atoms with Crippen molar-refractivity contribution < 1.29 is 9.59 Å². The van der Waals surface area contributed by atoms with Crippen molar-refractivity contribution in [3.63, 3.8) is 0 Å². The van der Waals surface area contributed by atoms with Crippen LogP contribution in [0.15, 0.2) is 24.3 Å². The van der Waals surface area contributed by atoms with Crippen molar-refractivity contribution in [3.05, 3.63) is 35.4 Å². The quantitative estimate of drug-likeness (QED) is 0.877. The Hall–Kier alpha value is -1.88. The first kappa shape index (κ1) is 15.5. The number of carbonyl (C=O) groups excluding carboxylic acids is 2. The van der Waals surface area contributed by atoms with Gasteiger partial charge in [-0.25, -0.2) is 0 Å². The van der Waals surface area contributed by atoms with E-state index < -0.39 is 5.91 Å². The number of nitrogens with two attached hydrogens (primary N) is 2. The summed E-state index contributed by atoms with van der Waals surface area (Å²) in [5.74, 6) is -0.250. The molecule has 0 saturated heterocycles. The molecule has 5 nitrogen and oxygen atoms in total. The third-order valence-electron chi connectivity index (χ3n) is 4.38. The second-order valence-electron chi connectivity index (χ2n) is 5.71. The summed E-state index contributed by atoms with van der Waals surface area (Å²) in [7, 11) is 1.82. The molecule has 1 fully saturated rings. The van der Waals surface area contributed by atoms with Crippen molar-refractivity contribution in [2.45, 2.75) is 31.7 Å². The summed E-state index contributed by atoms with van der Waals surface area (Å²) < 4.78 is 0. The predicted octanol–water partition coefficient (Wildman–Crippen LogP) is 1.37. The average molecular weight is 289 g/mol. The summed E-state index contributed by atoms with van der Waals surface area (Å²) in [5.41, 5.74) is 12.0. The highest BCUT2D eigenvalue weighted by Gasteiger charge is 2.30. The maximum atomic E-state index is 12.6. The maximum absolute atomic E-state index is 12.6. The number of carbonyl (C=O) groups is 2. The minimum absolute atomic E-state index is 0.0801. The van der Waals surface area contributed by atoms with Crippen molar-refractivity contribution in [1.29, 1.82) is 0 Å². The molecule has 1 aromatic rings. The van der Waals surface area contributed by atoms with E-state index in [0.29, 0.717) is 23.6 Å². The molecular formula is C16H23N3O2. The first-order valence-corrected chi connectivity index (χ1v) is 7.41. The monoisotopic (exact) mass is 289 g/mol. The molecule has 2 atom stereocenters. The SMILES string of the molecule is CN(C(=O)c1cccc(C(N)=O)c1)C1CCCCC1CN. The first-order valence-electron chi connectivity index (χ1n) is 7.41. The van der Waals surface area contributed by atoms with Gasteiger partial charge in [0, 0.05) is 24.2 Å². The molecule has 2 amide bonds. The molecule has 2 unspecified atom stereocenters. The van der Waals surface area contributed by atoms with Gasteiger partial charge in [-0.15, -0.1) is 0 Å². The lowest BCUT2D eigenvalue weighted by molar-refractivity contribution is 0.0620. The summed E-state index contributed by atoms with van der Waals surface area (Å²) in [5, 5.41) is 0. The van der Waals surface area contributed by atoms with E-state index in [2.05, 4.69) is 0 Å². The zero-order valence-electron chi connectivity index (χ0n) is 12.4. The standard InChI is InChI=1S/C16H23N3O2/c1-19(14-8-3-2-5-13(14)10-17)16(21)12-7-4-6-11(9-12)15(18)20/h4,6-7,9,13-14H,2-3,5,8,10,17H2,1H3,(H2,18,20). The van der Waals surface area contributed by atoms with Gasteiger partial charge in [0.1, 0.15) is 0 Å². The van der Waals surface area contributed by atoms with E-state index >= 15 is 0 Å². The summed E-state index contributed by atoms with van der Waals surface area (Å²) in [6, 6.07) is 6.74. The van der Waals surface area contributed by atoms with Gasteiger partial charge in [-0.3, -0.25) is 9.59 Å². The van der Waals surface area contributed by atoms with Crippen LogP contribution >= 0.6 is 0 Å². The Morgan fingerprint density at radius 3 is 2.57 bits per heavy atom.